The Hall–Kier alpha value is -1.61. The van der Waals surface area contributed by atoms with Crippen LogP contribution in [-0.2, 0) is 13.0 Å². The molecule has 1 aliphatic heterocycles. The molecule has 1 aliphatic rings. The van der Waals surface area contributed by atoms with Crippen molar-refractivity contribution in [3.05, 3.63) is 52.9 Å². The Morgan fingerprint density at radius 2 is 2.05 bits per heavy atom. The predicted octanol–water partition coefficient (Wildman–Crippen LogP) is 3.50. The van der Waals surface area contributed by atoms with Crippen molar-refractivity contribution in [2.24, 2.45) is 0 Å². The Morgan fingerprint density at radius 1 is 1.25 bits per heavy atom. The molecule has 106 valence electrons. The molecule has 0 N–H and O–H groups in total. The number of likely N-dealkylation sites (tertiary alicyclic amines) is 1. The van der Waals surface area contributed by atoms with E-state index >= 15 is 0 Å². The van der Waals surface area contributed by atoms with E-state index in [1.165, 1.54) is 30.5 Å². The van der Waals surface area contributed by atoms with E-state index in [-0.39, 0.29) is 0 Å². The van der Waals surface area contributed by atoms with Crippen LogP contribution in [0.4, 0.5) is 0 Å². The molecule has 0 radical (unpaired) electrons. The van der Waals surface area contributed by atoms with Crippen LogP contribution in [0.1, 0.15) is 35.4 Å². The molecule has 3 heteroatoms. The third kappa shape index (κ3) is 2.78. The van der Waals surface area contributed by atoms with Crippen LogP contribution in [0.2, 0.25) is 0 Å². The second kappa shape index (κ2) is 5.80. The van der Waals surface area contributed by atoms with Gasteiger partial charge in [0.05, 0.1) is 5.69 Å². The van der Waals surface area contributed by atoms with Crippen molar-refractivity contribution >= 4 is 0 Å². The van der Waals surface area contributed by atoms with Crippen LogP contribution in [0.3, 0.4) is 0 Å². The van der Waals surface area contributed by atoms with E-state index < -0.39 is 0 Å². The first-order chi connectivity index (χ1) is 9.74. The lowest BCUT2D eigenvalue weighted by Crippen LogP contribution is -2.31. The molecule has 0 aliphatic carbocycles. The van der Waals surface area contributed by atoms with Crippen LogP contribution in [-0.4, -0.2) is 22.6 Å². The fraction of sp³-hybridized carbons (Fsp3) is 0.471. The smallest absolute Gasteiger partial charge is 0.138 e. The van der Waals surface area contributed by atoms with Gasteiger partial charge >= 0.3 is 0 Å². The van der Waals surface area contributed by atoms with Crippen molar-refractivity contribution in [2.75, 3.05) is 6.54 Å². The summed E-state index contributed by atoms with van der Waals surface area (Å²) in [5.41, 5.74) is 3.74. The fourth-order valence-electron chi connectivity index (χ4n) is 3.15. The summed E-state index contributed by atoms with van der Waals surface area (Å²) in [6.45, 7) is 6.20. The summed E-state index contributed by atoms with van der Waals surface area (Å²) >= 11 is 0. The van der Waals surface area contributed by atoms with Crippen LogP contribution in [0.5, 0.6) is 0 Å². The molecule has 0 bridgehead atoms. The molecule has 3 nitrogen and oxygen atoms in total. The Morgan fingerprint density at radius 3 is 2.75 bits per heavy atom. The van der Waals surface area contributed by atoms with E-state index in [4.69, 9.17) is 4.52 Å². The highest BCUT2D eigenvalue weighted by Crippen LogP contribution is 2.25. The molecule has 0 amide bonds. The Kier molecular flexibility index (Phi) is 3.88. The van der Waals surface area contributed by atoms with E-state index in [0.717, 1.165) is 24.4 Å². The molecule has 0 unspecified atom stereocenters. The summed E-state index contributed by atoms with van der Waals surface area (Å²) < 4.78 is 5.28. The van der Waals surface area contributed by atoms with Gasteiger partial charge in [0, 0.05) is 18.2 Å². The van der Waals surface area contributed by atoms with Gasteiger partial charge in [-0.25, -0.2) is 0 Å². The number of rotatable bonds is 4. The summed E-state index contributed by atoms with van der Waals surface area (Å²) in [7, 11) is 0. The van der Waals surface area contributed by atoms with E-state index in [9.17, 15) is 0 Å². The van der Waals surface area contributed by atoms with E-state index in [1.807, 2.05) is 13.8 Å². The van der Waals surface area contributed by atoms with Gasteiger partial charge in [0.1, 0.15) is 5.76 Å². The van der Waals surface area contributed by atoms with Gasteiger partial charge in [-0.15, -0.1) is 0 Å². The maximum absolute atomic E-state index is 5.28. The lowest BCUT2D eigenvalue weighted by molar-refractivity contribution is 0.242. The highest BCUT2D eigenvalue weighted by atomic mass is 16.5. The third-order valence-electron chi connectivity index (χ3n) is 4.36. The summed E-state index contributed by atoms with van der Waals surface area (Å²) in [6.07, 6.45) is 3.73. The molecule has 1 aromatic heterocycles. The molecule has 3 rings (SSSR count). The molecule has 1 atom stereocenters. The first-order valence-electron chi connectivity index (χ1n) is 7.44. The first-order valence-corrected chi connectivity index (χ1v) is 7.44. The first kappa shape index (κ1) is 13.4. The summed E-state index contributed by atoms with van der Waals surface area (Å²) in [4.78, 5) is 2.58. The second-order valence-corrected chi connectivity index (χ2v) is 5.76. The van der Waals surface area contributed by atoms with Gasteiger partial charge in [0.15, 0.2) is 0 Å². The number of aromatic nitrogens is 1. The van der Waals surface area contributed by atoms with Crippen LogP contribution < -0.4 is 0 Å². The minimum atomic E-state index is 0.645. The number of aryl methyl sites for hydroxylation is 2. The summed E-state index contributed by atoms with van der Waals surface area (Å²) in [5, 5.41) is 4.07. The molecular weight excluding hydrogens is 248 g/mol. The standard InChI is InChI=1S/C17H22N2O/c1-13-17(14(2)20-18-13)12-19-10-6-9-16(19)11-15-7-4-3-5-8-15/h3-5,7-8,16H,6,9-12H2,1-2H3/t16-/m1/s1. The van der Waals surface area contributed by atoms with Crippen molar-refractivity contribution < 1.29 is 4.52 Å². The van der Waals surface area contributed by atoms with Gasteiger partial charge in [0.25, 0.3) is 0 Å². The summed E-state index contributed by atoms with van der Waals surface area (Å²) in [6, 6.07) is 11.4. The molecular formula is C17H22N2O. The predicted molar refractivity (Wildman–Crippen MR) is 79.6 cm³/mol. The molecule has 1 saturated heterocycles. The number of hydrogen-bond acceptors (Lipinski definition) is 3. The summed E-state index contributed by atoms with van der Waals surface area (Å²) in [5.74, 6) is 0.966. The number of benzene rings is 1. The Bertz CT molecular complexity index is 542. The molecule has 1 aromatic carbocycles. The van der Waals surface area contributed by atoms with E-state index in [1.54, 1.807) is 0 Å². The fourth-order valence-corrected chi connectivity index (χ4v) is 3.15. The van der Waals surface area contributed by atoms with Crippen LogP contribution in [0.15, 0.2) is 34.9 Å². The second-order valence-electron chi connectivity index (χ2n) is 5.76. The lowest BCUT2D eigenvalue weighted by atomic mass is 10.0. The van der Waals surface area contributed by atoms with Gasteiger partial charge in [-0.05, 0) is 45.2 Å². The number of hydrogen-bond donors (Lipinski definition) is 0. The topological polar surface area (TPSA) is 29.3 Å². The van der Waals surface area contributed by atoms with Crippen LogP contribution in [0, 0.1) is 13.8 Å². The molecule has 2 heterocycles. The van der Waals surface area contributed by atoms with Gasteiger partial charge in [-0.2, -0.15) is 0 Å². The van der Waals surface area contributed by atoms with E-state index in [0.29, 0.717) is 6.04 Å². The molecule has 20 heavy (non-hydrogen) atoms. The van der Waals surface area contributed by atoms with Crippen LogP contribution in [0.25, 0.3) is 0 Å². The average Bonchev–Trinajstić information content (AvgIpc) is 3.02. The van der Waals surface area contributed by atoms with E-state index in [2.05, 4.69) is 40.4 Å². The zero-order valence-electron chi connectivity index (χ0n) is 12.3. The normalized spacial score (nSPS) is 19.6. The molecule has 2 aromatic rings. The van der Waals surface area contributed by atoms with Crippen molar-refractivity contribution in [3.63, 3.8) is 0 Å². The minimum absolute atomic E-state index is 0.645. The highest BCUT2D eigenvalue weighted by Gasteiger charge is 2.26. The van der Waals surface area contributed by atoms with Gasteiger partial charge < -0.3 is 4.52 Å². The zero-order chi connectivity index (χ0) is 13.9. The quantitative estimate of drug-likeness (QED) is 0.851. The molecule has 0 spiro atoms. The SMILES string of the molecule is Cc1noc(C)c1CN1CCC[C@@H]1Cc1ccccc1. The molecule has 1 fully saturated rings. The van der Waals surface area contributed by atoms with Gasteiger partial charge in [0.2, 0.25) is 0 Å². The van der Waals surface area contributed by atoms with Crippen molar-refractivity contribution in [1.29, 1.82) is 0 Å². The zero-order valence-corrected chi connectivity index (χ0v) is 12.3. The van der Waals surface area contributed by atoms with Gasteiger partial charge in [-0.3, -0.25) is 4.90 Å². The van der Waals surface area contributed by atoms with Crippen molar-refractivity contribution in [2.45, 2.75) is 45.7 Å². The maximum Gasteiger partial charge on any atom is 0.138 e. The van der Waals surface area contributed by atoms with Crippen molar-refractivity contribution in [1.82, 2.24) is 10.1 Å². The Balaban J connectivity index is 1.70. The highest BCUT2D eigenvalue weighted by molar-refractivity contribution is 5.21. The lowest BCUT2D eigenvalue weighted by Gasteiger charge is -2.24. The monoisotopic (exact) mass is 270 g/mol. The maximum atomic E-state index is 5.28. The van der Waals surface area contributed by atoms with Gasteiger partial charge in [-0.1, -0.05) is 35.5 Å². The van der Waals surface area contributed by atoms with Crippen molar-refractivity contribution in [3.8, 4) is 0 Å². The minimum Gasteiger partial charge on any atom is -0.361 e. The number of nitrogens with zero attached hydrogens (tertiary/aromatic N) is 2. The molecule has 0 saturated carbocycles. The largest absolute Gasteiger partial charge is 0.361 e. The third-order valence-corrected chi connectivity index (χ3v) is 4.36. The van der Waals surface area contributed by atoms with Crippen LogP contribution >= 0.6 is 0 Å². The Labute approximate surface area is 120 Å². The average molecular weight is 270 g/mol.